The van der Waals surface area contributed by atoms with Crippen LogP contribution in [0.4, 0.5) is 11.4 Å². The number of carbonyl (C=O) groups is 1. The fourth-order valence-corrected chi connectivity index (χ4v) is 2.87. The molecule has 0 radical (unpaired) electrons. The Morgan fingerprint density at radius 1 is 1.20 bits per heavy atom. The van der Waals surface area contributed by atoms with Gasteiger partial charge in [-0.2, -0.15) is 0 Å². The number of methoxy groups -OCH3 is 1. The Morgan fingerprint density at radius 2 is 1.85 bits per heavy atom. The summed E-state index contributed by atoms with van der Waals surface area (Å²) < 4.78 is 11.0. The van der Waals surface area contributed by atoms with Crippen molar-refractivity contribution in [2.75, 3.05) is 25.3 Å². The molecule has 0 aliphatic carbocycles. The third-order valence-corrected chi connectivity index (χ3v) is 4.89. The molecule has 9 heteroatoms. The van der Waals surface area contributed by atoms with E-state index < -0.39 is 0 Å². The fraction of sp³-hybridized carbons (Fsp3) is 0.323. The highest BCUT2D eigenvalue weighted by atomic mass is 16.5. The van der Waals surface area contributed by atoms with Crippen molar-refractivity contribution in [3.8, 4) is 11.5 Å². The number of aldehydes is 1. The number of hydrogen-bond acceptors (Lipinski definition) is 9. The quantitative estimate of drug-likeness (QED) is 0.0888. The van der Waals surface area contributed by atoms with Crippen LogP contribution in [0.3, 0.4) is 0 Å². The predicted molar refractivity (Wildman–Crippen MR) is 167 cm³/mol. The van der Waals surface area contributed by atoms with Crippen molar-refractivity contribution in [1.29, 1.82) is 5.41 Å². The number of anilines is 2. The average Bonchev–Trinajstić information content (AvgIpc) is 2.99. The van der Waals surface area contributed by atoms with Gasteiger partial charge in [0.2, 0.25) is 0 Å². The number of phenolic OH excluding ortho intramolecular Hbond substituents is 1. The van der Waals surface area contributed by atoms with E-state index in [1.54, 1.807) is 30.5 Å². The molecule has 0 bridgehead atoms. The van der Waals surface area contributed by atoms with Crippen molar-refractivity contribution < 1.29 is 24.5 Å². The van der Waals surface area contributed by atoms with Crippen LogP contribution in [0.1, 0.15) is 51.8 Å². The second-order valence-corrected chi connectivity index (χ2v) is 7.95. The Balaban J connectivity index is 0. The maximum absolute atomic E-state index is 10.2. The molecule has 6 N–H and O–H groups in total. The monoisotopic (exact) mass is 554 g/mol. The van der Waals surface area contributed by atoms with Crippen LogP contribution < -0.4 is 15.8 Å². The zero-order valence-electron chi connectivity index (χ0n) is 24.9. The predicted octanol–water partition coefficient (Wildman–Crippen LogP) is 6.59. The fourth-order valence-electron chi connectivity index (χ4n) is 2.87. The number of phenols is 1. The van der Waals surface area contributed by atoms with Gasteiger partial charge in [-0.05, 0) is 68.5 Å². The molecule has 0 saturated heterocycles. The number of aliphatic hydroxyl groups excluding tert-OH is 1. The largest absolute Gasteiger partial charge is 0.504 e. The van der Waals surface area contributed by atoms with Gasteiger partial charge in [-0.3, -0.25) is 4.79 Å². The molecule has 1 aliphatic rings. The van der Waals surface area contributed by atoms with Crippen LogP contribution in [0, 0.1) is 18.3 Å². The van der Waals surface area contributed by atoms with Gasteiger partial charge in [0.15, 0.2) is 11.5 Å². The topological polar surface area (TPSA) is 150 Å². The minimum atomic E-state index is -0.325. The van der Waals surface area contributed by atoms with Crippen LogP contribution in [-0.4, -0.2) is 43.5 Å². The molecule has 2 aromatic rings. The van der Waals surface area contributed by atoms with E-state index in [0.717, 1.165) is 41.5 Å². The number of carbonyl (C=O) groups excluding carboxylic acids is 1. The highest BCUT2D eigenvalue weighted by Gasteiger charge is 2.18. The van der Waals surface area contributed by atoms with E-state index in [4.69, 9.17) is 25.7 Å². The highest BCUT2D eigenvalue weighted by molar-refractivity contribution is 5.90. The summed E-state index contributed by atoms with van der Waals surface area (Å²) in [5, 5.41) is 25.3. The van der Waals surface area contributed by atoms with Crippen molar-refractivity contribution in [1.82, 2.24) is 0 Å². The van der Waals surface area contributed by atoms with Gasteiger partial charge in [0.05, 0.1) is 7.11 Å². The van der Waals surface area contributed by atoms with Gasteiger partial charge in [-0.25, -0.2) is 4.99 Å². The van der Waals surface area contributed by atoms with Crippen LogP contribution >= 0.6 is 0 Å². The lowest BCUT2D eigenvalue weighted by Crippen LogP contribution is -2.20. The van der Waals surface area contributed by atoms with Gasteiger partial charge in [-0.1, -0.05) is 52.0 Å². The van der Waals surface area contributed by atoms with E-state index in [-0.39, 0.29) is 11.9 Å². The second kappa shape index (κ2) is 22.6. The zero-order valence-corrected chi connectivity index (χ0v) is 24.9. The Morgan fingerprint density at radius 3 is 2.38 bits per heavy atom. The number of nitrogens with one attached hydrogen (secondary N) is 2. The van der Waals surface area contributed by atoms with Crippen LogP contribution in [0.2, 0.25) is 0 Å². The summed E-state index contributed by atoms with van der Waals surface area (Å²) >= 11 is 0. The number of nitrogens with two attached hydrogens (primary N) is 1. The molecule has 3 rings (SSSR count). The zero-order chi connectivity index (χ0) is 31.1. The standard InChI is InChI=1S/C18H19N3O3.C9H14O.C2H6.CH3N.CH4O/c1-11-9-13(4-5-14(11)19)21-18-20-8-7-16(24-18)12-3-6-15(22)17(10-12)23-2;1-4-9(7-10)6-5-8(2)3;3*1-2/h3-10,16,22H,19H2,1-2H3,(H,20,21);4-8H,1-3H3;1-2H3;2H,1H2;2H,1H3/b;6-5-,9-4+;;;. The molecule has 0 saturated carbocycles. The molecule has 1 aliphatic heterocycles. The number of aliphatic hydroxyl groups is 1. The number of aromatic hydroxyl groups is 1. The van der Waals surface area contributed by atoms with Gasteiger partial charge in [0.25, 0.3) is 6.02 Å². The Labute approximate surface area is 239 Å². The summed E-state index contributed by atoms with van der Waals surface area (Å²) in [6.07, 6.45) is 9.69. The summed E-state index contributed by atoms with van der Waals surface area (Å²) in [7, 11) is 2.51. The summed E-state index contributed by atoms with van der Waals surface area (Å²) in [6.45, 7) is 14.5. The number of allylic oxidation sites excluding steroid dienone is 4. The van der Waals surface area contributed by atoms with Gasteiger partial charge < -0.3 is 36.1 Å². The molecule has 2 aromatic carbocycles. The number of nitrogens with zero attached hydrogens (tertiary/aromatic N) is 1. The third-order valence-electron chi connectivity index (χ3n) is 4.89. The van der Waals surface area contributed by atoms with Crippen molar-refractivity contribution in [2.45, 2.75) is 47.6 Å². The first-order valence-corrected chi connectivity index (χ1v) is 12.8. The van der Waals surface area contributed by atoms with Gasteiger partial charge in [-0.15, -0.1) is 0 Å². The SMILES string of the molecule is C/C=C(C=O)\C=C/C(C)C.C=N.CC.CO.COc1cc(C2C=CN=C(Nc3ccc(N)c(C)c3)O2)ccc1O. The van der Waals surface area contributed by atoms with Crippen molar-refractivity contribution in [3.63, 3.8) is 0 Å². The number of benzene rings is 2. The lowest BCUT2D eigenvalue weighted by molar-refractivity contribution is -0.104. The molecular weight excluding hydrogens is 508 g/mol. The van der Waals surface area contributed by atoms with Crippen LogP contribution in [-0.2, 0) is 9.53 Å². The molecule has 1 heterocycles. The molecule has 0 spiro atoms. The Hall–Kier alpha value is -4.37. The van der Waals surface area contributed by atoms with E-state index in [0.29, 0.717) is 17.7 Å². The first kappa shape index (κ1) is 37.8. The van der Waals surface area contributed by atoms with E-state index in [2.05, 4.69) is 30.9 Å². The maximum atomic E-state index is 10.2. The molecule has 0 aromatic heterocycles. The summed E-state index contributed by atoms with van der Waals surface area (Å²) in [4.78, 5) is 14.4. The smallest absolute Gasteiger partial charge is 0.294 e. The van der Waals surface area contributed by atoms with Crippen molar-refractivity contribution in [2.24, 2.45) is 10.9 Å². The molecule has 1 atom stereocenters. The van der Waals surface area contributed by atoms with E-state index in [1.807, 2.05) is 64.1 Å². The molecule has 0 amide bonds. The van der Waals surface area contributed by atoms with Crippen LogP contribution in [0.15, 0.2) is 77.5 Å². The summed E-state index contributed by atoms with van der Waals surface area (Å²) in [5.41, 5.74) is 9.98. The molecule has 0 fully saturated rings. The first-order chi connectivity index (χ1) is 19.3. The van der Waals surface area contributed by atoms with Crippen LogP contribution in [0.5, 0.6) is 11.5 Å². The second-order valence-electron chi connectivity index (χ2n) is 7.95. The maximum Gasteiger partial charge on any atom is 0.294 e. The summed E-state index contributed by atoms with van der Waals surface area (Å²) in [6, 6.07) is 11.1. The minimum Gasteiger partial charge on any atom is -0.504 e. The van der Waals surface area contributed by atoms with E-state index >= 15 is 0 Å². The molecule has 40 heavy (non-hydrogen) atoms. The number of hydrogen-bond donors (Lipinski definition) is 5. The number of aryl methyl sites for hydroxylation is 1. The Bertz CT molecular complexity index is 1120. The number of ether oxygens (including phenoxy) is 2. The molecule has 220 valence electrons. The lowest BCUT2D eigenvalue weighted by Gasteiger charge is -2.21. The summed E-state index contributed by atoms with van der Waals surface area (Å²) in [5.74, 6) is 0.996. The number of rotatable bonds is 6. The van der Waals surface area contributed by atoms with Crippen molar-refractivity contribution >= 4 is 30.4 Å². The first-order valence-electron chi connectivity index (χ1n) is 12.8. The average molecular weight is 555 g/mol. The van der Waals surface area contributed by atoms with Gasteiger partial charge in [0, 0.05) is 35.8 Å². The molecule has 9 nitrogen and oxygen atoms in total. The lowest BCUT2D eigenvalue weighted by atomic mass is 10.1. The van der Waals surface area contributed by atoms with Gasteiger partial charge >= 0.3 is 0 Å². The third kappa shape index (κ3) is 14.0. The van der Waals surface area contributed by atoms with E-state index in [1.165, 1.54) is 7.11 Å². The minimum absolute atomic E-state index is 0.0883. The number of amidine groups is 1. The highest BCUT2D eigenvalue weighted by Crippen LogP contribution is 2.32. The van der Waals surface area contributed by atoms with Gasteiger partial charge in [0.1, 0.15) is 12.4 Å². The normalized spacial score (nSPS) is 13.4. The van der Waals surface area contributed by atoms with Crippen molar-refractivity contribution in [3.05, 3.63) is 83.6 Å². The van der Waals surface area contributed by atoms with Crippen LogP contribution in [0.25, 0.3) is 0 Å². The number of aliphatic imine (C=N–C) groups is 1. The molecular formula is C31H46N4O5. The number of nitrogen functional groups attached to an aromatic ring is 1. The Kier molecular flexibility index (Phi) is 21.3. The van der Waals surface area contributed by atoms with E-state index in [9.17, 15) is 9.90 Å². The molecule has 1 unspecified atom stereocenters.